The van der Waals surface area contributed by atoms with Gasteiger partial charge >= 0.3 is 0 Å². The summed E-state index contributed by atoms with van der Waals surface area (Å²) in [5.74, 6) is 1.04. The minimum Gasteiger partial charge on any atom is -0.373 e. The number of guanidine groups is 1. The van der Waals surface area contributed by atoms with E-state index in [1.165, 1.54) is 0 Å². The largest absolute Gasteiger partial charge is 0.373 e. The fourth-order valence-electron chi connectivity index (χ4n) is 3.62. The zero-order valence-corrected chi connectivity index (χ0v) is 16.6. The molecule has 0 spiro atoms. The Kier molecular flexibility index (Phi) is 6.72. The highest BCUT2D eigenvalue weighted by Gasteiger charge is 2.29. The zero-order valence-electron chi connectivity index (χ0n) is 16.6. The monoisotopic (exact) mass is 372 g/mol. The Morgan fingerprint density at radius 1 is 1.22 bits per heavy atom. The predicted molar refractivity (Wildman–Crippen MR) is 109 cm³/mol. The van der Waals surface area contributed by atoms with Crippen molar-refractivity contribution >= 4 is 17.6 Å². The van der Waals surface area contributed by atoms with Crippen LogP contribution in [0.1, 0.15) is 51.5 Å². The van der Waals surface area contributed by atoms with Crippen LogP contribution in [0.3, 0.4) is 0 Å². The van der Waals surface area contributed by atoms with Gasteiger partial charge in [-0.2, -0.15) is 0 Å². The van der Waals surface area contributed by atoms with E-state index >= 15 is 0 Å². The molecule has 2 N–H and O–H groups in total. The first-order chi connectivity index (χ1) is 13.1. The first-order valence-electron chi connectivity index (χ1n) is 10.1. The van der Waals surface area contributed by atoms with Crippen LogP contribution < -0.4 is 15.5 Å². The van der Waals surface area contributed by atoms with Crippen molar-refractivity contribution in [2.24, 2.45) is 4.99 Å². The predicted octanol–water partition coefficient (Wildman–Crippen LogP) is 2.83. The van der Waals surface area contributed by atoms with E-state index in [1.807, 2.05) is 17.0 Å². The van der Waals surface area contributed by atoms with Gasteiger partial charge in [0.15, 0.2) is 5.96 Å². The van der Waals surface area contributed by atoms with Crippen LogP contribution in [0.2, 0.25) is 0 Å². The molecule has 1 atom stereocenters. The normalized spacial score (nSPS) is 23.6. The van der Waals surface area contributed by atoms with Crippen molar-refractivity contribution in [2.75, 3.05) is 31.1 Å². The molecular formula is C21H32N4O2. The first kappa shape index (κ1) is 19.7. The van der Waals surface area contributed by atoms with Gasteiger partial charge < -0.3 is 20.3 Å². The van der Waals surface area contributed by atoms with Gasteiger partial charge in [-0.05, 0) is 57.2 Å². The second-order valence-electron chi connectivity index (χ2n) is 7.62. The van der Waals surface area contributed by atoms with Crippen molar-refractivity contribution in [3.05, 3.63) is 29.8 Å². The first-order valence-corrected chi connectivity index (χ1v) is 10.1. The maximum absolute atomic E-state index is 12.1. The van der Waals surface area contributed by atoms with Crippen LogP contribution in [0.25, 0.3) is 0 Å². The minimum atomic E-state index is -0.0984. The van der Waals surface area contributed by atoms with Gasteiger partial charge in [-0.25, -0.2) is 4.99 Å². The van der Waals surface area contributed by atoms with Gasteiger partial charge in [0.25, 0.3) is 0 Å². The van der Waals surface area contributed by atoms with E-state index < -0.39 is 0 Å². The molecule has 2 aliphatic rings. The van der Waals surface area contributed by atoms with E-state index in [1.54, 1.807) is 0 Å². The molecule has 6 nitrogen and oxygen atoms in total. The molecule has 2 saturated heterocycles. The summed E-state index contributed by atoms with van der Waals surface area (Å²) >= 11 is 0. The molecule has 27 heavy (non-hydrogen) atoms. The molecule has 0 radical (unpaired) electrons. The molecule has 0 aliphatic carbocycles. The molecular weight excluding hydrogens is 340 g/mol. The summed E-state index contributed by atoms with van der Waals surface area (Å²) in [7, 11) is 0. The van der Waals surface area contributed by atoms with Crippen molar-refractivity contribution in [2.45, 2.75) is 58.1 Å². The summed E-state index contributed by atoms with van der Waals surface area (Å²) in [4.78, 5) is 18.6. The summed E-state index contributed by atoms with van der Waals surface area (Å²) in [6.45, 7) is 8.06. The number of anilines is 1. The average Bonchev–Trinajstić information content (AvgIpc) is 3.12. The summed E-state index contributed by atoms with van der Waals surface area (Å²) in [5, 5.41) is 6.70. The van der Waals surface area contributed by atoms with Crippen LogP contribution in [0.5, 0.6) is 0 Å². The lowest BCUT2D eigenvalue weighted by molar-refractivity contribution is -0.119. The fraction of sp³-hybridized carbons (Fsp3) is 0.619. The van der Waals surface area contributed by atoms with Gasteiger partial charge in [-0.1, -0.05) is 12.1 Å². The molecule has 6 heteroatoms. The lowest BCUT2D eigenvalue weighted by atomic mass is 10.0. The maximum Gasteiger partial charge on any atom is 0.226 e. The van der Waals surface area contributed by atoms with E-state index in [-0.39, 0.29) is 11.5 Å². The number of nitrogens with one attached hydrogen (secondary N) is 2. The Morgan fingerprint density at radius 2 is 2.04 bits per heavy atom. The van der Waals surface area contributed by atoms with E-state index in [2.05, 4.69) is 36.6 Å². The Labute approximate surface area is 162 Å². The Hall–Kier alpha value is -2.08. The highest BCUT2D eigenvalue weighted by atomic mass is 16.5. The molecule has 3 rings (SSSR count). The van der Waals surface area contributed by atoms with E-state index in [9.17, 15) is 4.79 Å². The van der Waals surface area contributed by atoms with Crippen molar-refractivity contribution in [3.63, 3.8) is 0 Å². The number of nitrogens with zero attached hydrogens (tertiary/aromatic N) is 2. The zero-order chi connectivity index (χ0) is 19.1. The number of piperidine rings is 1. The number of aliphatic imine (C=N–C) groups is 1. The third kappa shape index (κ3) is 5.45. The van der Waals surface area contributed by atoms with Gasteiger partial charge in [0.1, 0.15) is 0 Å². The molecule has 1 aromatic rings. The van der Waals surface area contributed by atoms with Crippen molar-refractivity contribution in [1.82, 2.24) is 10.6 Å². The quantitative estimate of drug-likeness (QED) is 0.595. The van der Waals surface area contributed by atoms with Gasteiger partial charge in [-0.15, -0.1) is 0 Å². The van der Waals surface area contributed by atoms with E-state index in [0.717, 1.165) is 69.1 Å². The van der Waals surface area contributed by atoms with Crippen molar-refractivity contribution in [3.8, 4) is 0 Å². The minimum absolute atomic E-state index is 0.0984. The van der Waals surface area contributed by atoms with Crippen LogP contribution >= 0.6 is 0 Å². The number of carbonyl (C=O) groups excluding carboxylic acids is 1. The molecule has 2 aliphatic heterocycles. The van der Waals surface area contributed by atoms with E-state index in [0.29, 0.717) is 13.0 Å². The second-order valence-corrected chi connectivity index (χ2v) is 7.62. The molecule has 1 unspecified atom stereocenters. The lowest BCUT2D eigenvalue weighted by Crippen LogP contribution is -2.45. The summed E-state index contributed by atoms with van der Waals surface area (Å²) < 4.78 is 5.83. The standard InChI is InChI=1S/C21H32N4O2/c1-3-22-20(24-16-21(2)12-6-14-27-21)23-15-17-8-10-18(11-9-17)25-13-5-4-7-19(25)26/h8-11H,3-7,12-16H2,1-2H3,(H2,22,23,24). The van der Waals surface area contributed by atoms with Gasteiger partial charge in [0.2, 0.25) is 5.91 Å². The second kappa shape index (κ2) is 9.22. The third-order valence-corrected chi connectivity index (χ3v) is 5.27. The molecule has 2 fully saturated rings. The smallest absolute Gasteiger partial charge is 0.226 e. The number of amides is 1. The molecule has 1 aromatic carbocycles. The highest BCUT2D eigenvalue weighted by Crippen LogP contribution is 2.24. The maximum atomic E-state index is 12.1. The number of carbonyl (C=O) groups is 1. The van der Waals surface area contributed by atoms with Crippen LogP contribution in [0.4, 0.5) is 5.69 Å². The third-order valence-electron chi connectivity index (χ3n) is 5.27. The summed E-state index contributed by atoms with van der Waals surface area (Å²) in [5.41, 5.74) is 2.02. The average molecular weight is 373 g/mol. The van der Waals surface area contributed by atoms with Gasteiger partial charge in [0, 0.05) is 38.3 Å². The molecule has 1 amide bonds. The highest BCUT2D eigenvalue weighted by molar-refractivity contribution is 5.93. The topological polar surface area (TPSA) is 66.0 Å². The van der Waals surface area contributed by atoms with Crippen molar-refractivity contribution < 1.29 is 9.53 Å². The molecule has 2 heterocycles. The van der Waals surface area contributed by atoms with Crippen LogP contribution in [-0.4, -0.2) is 43.7 Å². The summed E-state index contributed by atoms with van der Waals surface area (Å²) in [6, 6.07) is 8.18. The van der Waals surface area contributed by atoms with E-state index in [4.69, 9.17) is 9.73 Å². The molecule has 0 bridgehead atoms. The molecule has 148 valence electrons. The van der Waals surface area contributed by atoms with Crippen molar-refractivity contribution in [1.29, 1.82) is 0 Å². The Bertz CT molecular complexity index is 651. The molecule has 0 aromatic heterocycles. The van der Waals surface area contributed by atoms with Crippen LogP contribution in [0, 0.1) is 0 Å². The Balaban J connectivity index is 1.57. The lowest BCUT2D eigenvalue weighted by Gasteiger charge is -2.26. The molecule has 0 saturated carbocycles. The Morgan fingerprint density at radius 3 is 2.70 bits per heavy atom. The number of ether oxygens (including phenoxy) is 1. The number of hydrogen-bond acceptors (Lipinski definition) is 3. The SMILES string of the molecule is CCNC(=NCc1ccc(N2CCCCC2=O)cc1)NCC1(C)CCCO1. The van der Waals surface area contributed by atoms with Crippen LogP contribution in [0.15, 0.2) is 29.3 Å². The van der Waals surface area contributed by atoms with Gasteiger partial charge in [-0.3, -0.25) is 4.79 Å². The number of rotatable bonds is 6. The fourth-order valence-corrected chi connectivity index (χ4v) is 3.62. The number of benzene rings is 1. The van der Waals surface area contributed by atoms with Gasteiger partial charge in [0.05, 0.1) is 12.1 Å². The number of hydrogen-bond donors (Lipinski definition) is 2. The van der Waals surface area contributed by atoms with Crippen LogP contribution in [-0.2, 0) is 16.1 Å². The summed E-state index contributed by atoms with van der Waals surface area (Å²) in [6.07, 6.45) is 4.95.